The summed E-state index contributed by atoms with van der Waals surface area (Å²) in [7, 11) is 0. The van der Waals surface area contributed by atoms with Gasteiger partial charge >= 0.3 is 0 Å². The van der Waals surface area contributed by atoms with Crippen LogP contribution in [-0.2, 0) is 18.1 Å². The van der Waals surface area contributed by atoms with Crippen LogP contribution in [0, 0.1) is 5.92 Å². The Bertz CT molecular complexity index is 877. The van der Waals surface area contributed by atoms with E-state index in [1.807, 2.05) is 31.2 Å². The number of hydrogen-bond donors (Lipinski definition) is 1. The fraction of sp³-hybridized carbons (Fsp3) is 0.235. The van der Waals surface area contributed by atoms with Crippen LogP contribution in [0.25, 0.3) is 0 Å². The van der Waals surface area contributed by atoms with Gasteiger partial charge in [0.25, 0.3) is 0 Å². The molecule has 136 valence electrons. The molecular formula is C17H17BrClN5O2. The zero-order valence-electron chi connectivity index (χ0n) is 14.0. The normalized spacial score (nSPS) is 12.0. The van der Waals surface area contributed by atoms with Gasteiger partial charge in [0, 0.05) is 10.7 Å². The molecule has 0 radical (unpaired) electrons. The predicted octanol–water partition coefficient (Wildman–Crippen LogP) is 3.81. The van der Waals surface area contributed by atoms with Crippen molar-refractivity contribution in [2.75, 3.05) is 5.32 Å². The first-order valence-electron chi connectivity index (χ1n) is 7.89. The molecule has 0 aliphatic heterocycles. The molecule has 1 atom stereocenters. The van der Waals surface area contributed by atoms with Crippen LogP contribution < -0.4 is 10.1 Å². The minimum atomic E-state index is -0.270. The third kappa shape index (κ3) is 5.09. The number of rotatable bonds is 7. The molecule has 1 aromatic carbocycles. The minimum absolute atomic E-state index is 0.120. The highest BCUT2D eigenvalue weighted by Crippen LogP contribution is 2.17. The summed E-state index contributed by atoms with van der Waals surface area (Å²) in [6, 6.07) is 7.52. The van der Waals surface area contributed by atoms with E-state index in [4.69, 9.17) is 16.3 Å². The number of aromatic nitrogens is 4. The fourth-order valence-corrected chi connectivity index (χ4v) is 2.66. The quantitative estimate of drug-likeness (QED) is 0.609. The third-order valence-corrected chi connectivity index (χ3v) is 4.31. The minimum Gasteiger partial charge on any atom is -0.471 e. The molecule has 2 heterocycles. The van der Waals surface area contributed by atoms with Crippen LogP contribution in [0.3, 0.4) is 0 Å². The zero-order chi connectivity index (χ0) is 18.5. The van der Waals surface area contributed by atoms with Crippen molar-refractivity contribution < 1.29 is 9.53 Å². The number of benzene rings is 1. The van der Waals surface area contributed by atoms with Gasteiger partial charge in [-0.25, -0.2) is 4.68 Å². The van der Waals surface area contributed by atoms with Crippen LogP contribution in [-0.4, -0.2) is 25.5 Å². The monoisotopic (exact) mass is 437 g/mol. The van der Waals surface area contributed by atoms with Gasteiger partial charge in [-0.3, -0.25) is 9.48 Å². The van der Waals surface area contributed by atoms with Crippen LogP contribution in [0.4, 0.5) is 5.69 Å². The van der Waals surface area contributed by atoms with Crippen LogP contribution in [0.2, 0.25) is 5.02 Å². The van der Waals surface area contributed by atoms with Crippen LogP contribution in [0.1, 0.15) is 6.92 Å². The Morgan fingerprint density at radius 2 is 1.96 bits per heavy atom. The number of nitrogens with zero attached hydrogens (tertiary/aromatic N) is 4. The number of amides is 1. The second-order valence-corrected chi connectivity index (χ2v) is 7.12. The fourth-order valence-electron chi connectivity index (χ4n) is 2.24. The van der Waals surface area contributed by atoms with E-state index in [0.717, 1.165) is 10.2 Å². The average molecular weight is 439 g/mol. The maximum absolute atomic E-state index is 12.3. The summed E-state index contributed by atoms with van der Waals surface area (Å²) in [5.41, 5.74) is 0.611. The molecule has 3 rings (SSSR count). The van der Waals surface area contributed by atoms with Crippen molar-refractivity contribution in [2.45, 2.75) is 20.2 Å². The Kier molecular flexibility index (Phi) is 5.95. The molecule has 3 aromatic rings. The standard InChI is InChI=1S/C17H17BrClN5O2/c1-12(8-23-9-14(19)6-20-23)17(25)22-15-7-21-24(10-15)11-26-16-4-2-13(18)3-5-16/h2-7,9-10,12H,8,11H2,1H3,(H,22,25). The summed E-state index contributed by atoms with van der Waals surface area (Å²) in [5, 5.41) is 11.6. The molecule has 0 bridgehead atoms. The number of carbonyl (C=O) groups excluding carboxylic acids is 1. The van der Waals surface area contributed by atoms with Gasteiger partial charge in [-0.15, -0.1) is 0 Å². The molecule has 1 N–H and O–H groups in total. The van der Waals surface area contributed by atoms with Crippen molar-refractivity contribution in [1.82, 2.24) is 19.6 Å². The van der Waals surface area contributed by atoms with Crippen LogP contribution >= 0.6 is 27.5 Å². The highest BCUT2D eigenvalue weighted by Gasteiger charge is 2.15. The predicted molar refractivity (Wildman–Crippen MR) is 102 cm³/mol. The van der Waals surface area contributed by atoms with E-state index in [1.165, 1.54) is 0 Å². The second kappa shape index (κ2) is 8.37. The molecule has 0 aliphatic rings. The van der Waals surface area contributed by atoms with Crippen molar-refractivity contribution in [3.8, 4) is 5.75 Å². The first kappa shape index (κ1) is 18.5. The topological polar surface area (TPSA) is 74.0 Å². The first-order chi connectivity index (χ1) is 12.5. The zero-order valence-corrected chi connectivity index (χ0v) is 16.3. The molecule has 0 fully saturated rings. The Hall–Kier alpha value is -2.32. The lowest BCUT2D eigenvalue weighted by molar-refractivity contribution is -0.119. The lowest BCUT2D eigenvalue weighted by Crippen LogP contribution is -2.24. The van der Waals surface area contributed by atoms with Gasteiger partial charge in [0.15, 0.2) is 6.73 Å². The SMILES string of the molecule is CC(Cn1cc(Cl)cn1)C(=O)Nc1cnn(COc2ccc(Br)cc2)c1. The summed E-state index contributed by atoms with van der Waals surface area (Å²) >= 11 is 9.20. The number of hydrogen-bond acceptors (Lipinski definition) is 4. The molecule has 0 saturated carbocycles. The summed E-state index contributed by atoms with van der Waals surface area (Å²) in [4.78, 5) is 12.3. The van der Waals surface area contributed by atoms with Gasteiger partial charge in [-0.2, -0.15) is 10.2 Å². The third-order valence-electron chi connectivity index (χ3n) is 3.59. The number of carbonyl (C=O) groups is 1. The second-order valence-electron chi connectivity index (χ2n) is 5.77. The molecule has 1 unspecified atom stereocenters. The molecular weight excluding hydrogens is 422 g/mol. The van der Waals surface area contributed by atoms with E-state index in [2.05, 4.69) is 31.4 Å². The van der Waals surface area contributed by atoms with Gasteiger partial charge in [0.2, 0.25) is 5.91 Å². The summed E-state index contributed by atoms with van der Waals surface area (Å²) in [5.74, 6) is 0.346. The summed E-state index contributed by atoms with van der Waals surface area (Å²) in [6.07, 6.45) is 6.53. The highest BCUT2D eigenvalue weighted by molar-refractivity contribution is 9.10. The number of halogens is 2. The van der Waals surface area contributed by atoms with E-state index in [1.54, 1.807) is 34.2 Å². The van der Waals surface area contributed by atoms with Gasteiger partial charge in [-0.05, 0) is 24.3 Å². The van der Waals surface area contributed by atoms with Crippen molar-refractivity contribution in [2.24, 2.45) is 5.92 Å². The molecule has 0 aliphatic carbocycles. The number of anilines is 1. The van der Waals surface area contributed by atoms with Gasteiger partial charge in [0.1, 0.15) is 5.75 Å². The van der Waals surface area contributed by atoms with Crippen LogP contribution in [0.15, 0.2) is 53.5 Å². The Balaban J connectivity index is 1.50. The summed E-state index contributed by atoms with van der Waals surface area (Å²) < 4.78 is 9.87. The lowest BCUT2D eigenvalue weighted by atomic mass is 10.1. The molecule has 0 saturated heterocycles. The van der Waals surface area contributed by atoms with Crippen molar-refractivity contribution in [3.63, 3.8) is 0 Å². The molecule has 0 spiro atoms. The Morgan fingerprint density at radius 1 is 1.23 bits per heavy atom. The van der Waals surface area contributed by atoms with Crippen molar-refractivity contribution in [3.05, 3.63) is 58.5 Å². The molecule has 9 heteroatoms. The van der Waals surface area contributed by atoms with E-state index in [-0.39, 0.29) is 18.6 Å². The lowest BCUT2D eigenvalue weighted by Gasteiger charge is -2.11. The van der Waals surface area contributed by atoms with Crippen molar-refractivity contribution >= 4 is 39.1 Å². The van der Waals surface area contributed by atoms with Gasteiger partial charge < -0.3 is 10.1 Å². The Morgan fingerprint density at radius 3 is 2.65 bits per heavy atom. The Labute approximate surface area is 164 Å². The van der Waals surface area contributed by atoms with Crippen molar-refractivity contribution in [1.29, 1.82) is 0 Å². The average Bonchev–Trinajstić information content (AvgIpc) is 3.23. The molecule has 7 nitrogen and oxygen atoms in total. The first-order valence-corrected chi connectivity index (χ1v) is 9.06. The maximum Gasteiger partial charge on any atom is 0.229 e. The summed E-state index contributed by atoms with van der Waals surface area (Å²) in [6.45, 7) is 2.52. The molecule has 1 amide bonds. The maximum atomic E-state index is 12.3. The van der Waals surface area contributed by atoms with Gasteiger partial charge in [-0.1, -0.05) is 34.5 Å². The van der Waals surface area contributed by atoms with E-state index in [9.17, 15) is 4.79 Å². The number of nitrogens with one attached hydrogen (secondary N) is 1. The van der Waals surface area contributed by atoms with Crippen LogP contribution in [0.5, 0.6) is 5.75 Å². The largest absolute Gasteiger partial charge is 0.471 e. The molecule has 2 aromatic heterocycles. The smallest absolute Gasteiger partial charge is 0.229 e. The van der Waals surface area contributed by atoms with E-state index < -0.39 is 0 Å². The highest BCUT2D eigenvalue weighted by atomic mass is 79.9. The number of ether oxygens (including phenoxy) is 1. The van der Waals surface area contributed by atoms with E-state index in [0.29, 0.717) is 17.3 Å². The molecule has 26 heavy (non-hydrogen) atoms. The van der Waals surface area contributed by atoms with E-state index >= 15 is 0 Å². The van der Waals surface area contributed by atoms with Gasteiger partial charge in [0.05, 0.1) is 41.8 Å².